The number of hydrogen-bond donors (Lipinski definition) is 0. The summed E-state index contributed by atoms with van der Waals surface area (Å²) in [6.07, 6.45) is 0. The average molecular weight is 253 g/mol. The smallest absolute Gasteiger partial charge is 0.277 e. The Bertz CT molecular complexity index is 299. The highest BCUT2D eigenvalue weighted by atomic mass is 16.2. The van der Waals surface area contributed by atoms with Gasteiger partial charge >= 0.3 is 12.1 Å². The normalized spacial score (nSPS) is 17.8. The van der Waals surface area contributed by atoms with Gasteiger partial charge in [0.25, 0.3) is 0 Å². The Morgan fingerprint density at radius 1 is 0.722 bits per heavy atom. The molecule has 1 saturated heterocycles. The van der Waals surface area contributed by atoms with Gasteiger partial charge in [-0.2, -0.15) is 0 Å². The van der Waals surface area contributed by atoms with E-state index in [0.717, 1.165) is 0 Å². The summed E-state index contributed by atoms with van der Waals surface area (Å²) in [7, 11) is 0. The maximum Gasteiger partial charge on any atom is 0.334 e. The van der Waals surface area contributed by atoms with Gasteiger partial charge in [0.2, 0.25) is 0 Å². The third-order valence-electron chi connectivity index (χ3n) is 2.93. The molecular formula is C13H23N3O2. The van der Waals surface area contributed by atoms with Crippen molar-refractivity contribution in [1.29, 1.82) is 0 Å². The molecule has 0 saturated carbocycles. The van der Waals surface area contributed by atoms with Gasteiger partial charge in [-0.15, -0.1) is 0 Å². The lowest BCUT2D eigenvalue weighted by Gasteiger charge is -2.46. The first-order valence-electron chi connectivity index (χ1n) is 6.34. The summed E-state index contributed by atoms with van der Waals surface area (Å²) >= 11 is 0. The van der Waals surface area contributed by atoms with Crippen molar-refractivity contribution in [2.45, 2.75) is 59.7 Å². The molecule has 1 fully saturated rings. The third kappa shape index (κ3) is 2.21. The van der Waals surface area contributed by atoms with Crippen molar-refractivity contribution in [1.82, 2.24) is 14.7 Å². The number of urea groups is 2. The molecule has 0 bridgehead atoms. The maximum atomic E-state index is 12.3. The summed E-state index contributed by atoms with van der Waals surface area (Å²) in [6, 6.07) is -0.791. The van der Waals surface area contributed by atoms with Gasteiger partial charge in [0.05, 0.1) is 0 Å². The summed E-state index contributed by atoms with van der Waals surface area (Å²) in [5.41, 5.74) is 0. The number of amides is 4. The quantitative estimate of drug-likeness (QED) is 0.776. The van der Waals surface area contributed by atoms with Crippen LogP contribution in [0.25, 0.3) is 0 Å². The van der Waals surface area contributed by atoms with Crippen LogP contribution in [-0.2, 0) is 0 Å². The molecule has 5 nitrogen and oxygen atoms in total. The molecule has 0 unspecified atom stereocenters. The van der Waals surface area contributed by atoms with Crippen LogP contribution in [0, 0.1) is 0 Å². The first-order chi connectivity index (χ1) is 8.20. The highest BCUT2D eigenvalue weighted by Gasteiger charge is 2.43. The van der Waals surface area contributed by atoms with E-state index in [9.17, 15) is 9.59 Å². The highest BCUT2D eigenvalue weighted by molar-refractivity contribution is 5.98. The molecule has 1 heterocycles. The molecule has 0 aromatic rings. The number of nitrogens with zero attached hydrogens (tertiary/aromatic N) is 3. The lowest BCUT2D eigenvalue weighted by molar-refractivity contribution is 0.0822. The largest absolute Gasteiger partial charge is 0.334 e. The number of imide groups is 1. The molecule has 0 aromatic carbocycles. The fraction of sp³-hybridized carbons (Fsp3) is 0.692. The zero-order valence-electron chi connectivity index (χ0n) is 12.1. The van der Waals surface area contributed by atoms with Crippen molar-refractivity contribution in [2.75, 3.05) is 0 Å². The van der Waals surface area contributed by atoms with Crippen molar-refractivity contribution in [2.24, 2.45) is 0 Å². The first kappa shape index (κ1) is 14.5. The molecule has 0 N–H and O–H groups in total. The van der Waals surface area contributed by atoms with Crippen LogP contribution >= 0.6 is 0 Å². The van der Waals surface area contributed by atoms with E-state index in [1.54, 1.807) is 9.80 Å². The molecule has 0 aromatic heterocycles. The van der Waals surface area contributed by atoms with Gasteiger partial charge in [0.15, 0.2) is 0 Å². The Morgan fingerprint density at radius 2 is 1.00 bits per heavy atom. The van der Waals surface area contributed by atoms with Crippen molar-refractivity contribution in [3.63, 3.8) is 0 Å². The van der Waals surface area contributed by atoms with E-state index < -0.39 is 0 Å². The minimum absolute atomic E-state index is 0.0272. The van der Waals surface area contributed by atoms with E-state index in [0.29, 0.717) is 5.82 Å². The minimum atomic E-state index is -0.285. The molecule has 0 atom stereocenters. The van der Waals surface area contributed by atoms with Crippen LogP contribution < -0.4 is 0 Å². The van der Waals surface area contributed by atoms with E-state index >= 15 is 0 Å². The predicted molar refractivity (Wildman–Crippen MR) is 70.9 cm³/mol. The third-order valence-corrected chi connectivity index (χ3v) is 2.93. The second-order valence-electron chi connectivity index (χ2n) is 5.37. The van der Waals surface area contributed by atoms with Crippen LogP contribution in [0.3, 0.4) is 0 Å². The van der Waals surface area contributed by atoms with Crippen LogP contribution in [0.5, 0.6) is 0 Å². The monoisotopic (exact) mass is 253 g/mol. The molecular weight excluding hydrogens is 230 g/mol. The lowest BCUT2D eigenvalue weighted by Crippen LogP contribution is -2.63. The molecule has 0 aliphatic carbocycles. The highest BCUT2D eigenvalue weighted by Crippen LogP contribution is 2.26. The van der Waals surface area contributed by atoms with Gasteiger partial charge < -0.3 is 0 Å². The van der Waals surface area contributed by atoms with Gasteiger partial charge in [-0.1, -0.05) is 6.58 Å². The van der Waals surface area contributed by atoms with Gasteiger partial charge in [0.1, 0.15) is 5.82 Å². The Balaban J connectivity index is 3.23. The maximum absolute atomic E-state index is 12.3. The first-order valence-corrected chi connectivity index (χ1v) is 6.34. The fourth-order valence-corrected chi connectivity index (χ4v) is 2.13. The average Bonchev–Trinajstić information content (AvgIpc) is 2.14. The molecule has 0 radical (unpaired) electrons. The van der Waals surface area contributed by atoms with E-state index in [1.807, 2.05) is 41.5 Å². The van der Waals surface area contributed by atoms with E-state index in [-0.39, 0.29) is 30.2 Å². The molecule has 102 valence electrons. The standard InChI is InChI=1S/C13H23N3O2/c1-8(2)14-11(7)15(9(3)4)13(18)16(10(5)6)12(14)17/h8-10H,7H2,1-6H3. The number of carbonyl (C=O) groups is 2. The van der Waals surface area contributed by atoms with Crippen LogP contribution in [0.2, 0.25) is 0 Å². The summed E-state index contributed by atoms with van der Waals surface area (Å²) in [5.74, 6) is 0.465. The second kappa shape index (κ2) is 5.00. The summed E-state index contributed by atoms with van der Waals surface area (Å²) < 4.78 is 0. The fourth-order valence-electron chi connectivity index (χ4n) is 2.13. The second-order valence-corrected chi connectivity index (χ2v) is 5.37. The van der Waals surface area contributed by atoms with Gasteiger partial charge in [-0.3, -0.25) is 9.80 Å². The van der Waals surface area contributed by atoms with E-state index in [1.165, 1.54) is 4.90 Å². The SMILES string of the molecule is C=C1N(C(C)C)C(=O)N(C(C)C)C(=O)N1C(C)C. The number of rotatable bonds is 3. The topological polar surface area (TPSA) is 43.9 Å². The van der Waals surface area contributed by atoms with E-state index in [2.05, 4.69) is 6.58 Å². The Hall–Kier alpha value is -1.52. The Kier molecular flexibility index (Phi) is 4.04. The predicted octanol–water partition coefficient (Wildman–Crippen LogP) is 2.84. The zero-order chi connectivity index (χ0) is 14.2. The lowest BCUT2D eigenvalue weighted by atomic mass is 10.2. The molecule has 0 spiro atoms. The molecule has 1 aliphatic rings. The van der Waals surface area contributed by atoms with Gasteiger partial charge in [-0.05, 0) is 41.5 Å². The van der Waals surface area contributed by atoms with Crippen LogP contribution in [-0.4, -0.2) is 44.9 Å². The van der Waals surface area contributed by atoms with Gasteiger partial charge in [-0.25, -0.2) is 14.5 Å². The van der Waals surface area contributed by atoms with Crippen LogP contribution in [0.1, 0.15) is 41.5 Å². The molecule has 18 heavy (non-hydrogen) atoms. The van der Waals surface area contributed by atoms with Gasteiger partial charge in [0, 0.05) is 18.1 Å². The zero-order valence-corrected chi connectivity index (χ0v) is 12.1. The summed E-state index contributed by atoms with van der Waals surface area (Å²) in [6.45, 7) is 15.2. The summed E-state index contributed by atoms with van der Waals surface area (Å²) in [5, 5.41) is 0. The van der Waals surface area contributed by atoms with Crippen LogP contribution in [0.4, 0.5) is 9.59 Å². The van der Waals surface area contributed by atoms with Crippen LogP contribution in [0.15, 0.2) is 12.4 Å². The van der Waals surface area contributed by atoms with Crippen molar-refractivity contribution >= 4 is 12.1 Å². The molecule has 1 rings (SSSR count). The van der Waals surface area contributed by atoms with E-state index in [4.69, 9.17) is 0 Å². The Morgan fingerprint density at radius 3 is 1.22 bits per heavy atom. The van der Waals surface area contributed by atoms with Crippen molar-refractivity contribution in [3.05, 3.63) is 12.4 Å². The molecule has 1 aliphatic heterocycles. The Labute approximate surface area is 109 Å². The molecule has 4 amide bonds. The summed E-state index contributed by atoms with van der Waals surface area (Å²) in [4.78, 5) is 29.1. The minimum Gasteiger partial charge on any atom is -0.277 e. The number of carbonyl (C=O) groups excluding carboxylic acids is 2. The molecule has 5 heteroatoms. The van der Waals surface area contributed by atoms with Crippen molar-refractivity contribution < 1.29 is 9.59 Å². The van der Waals surface area contributed by atoms with Crippen molar-refractivity contribution in [3.8, 4) is 0 Å². The number of hydrogen-bond acceptors (Lipinski definition) is 2.